The van der Waals surface area contributed by atoms with Crippen LogP contribution in [-0.4, -0.2) is 123 Å². The van der Waals surface area contributed by atoms with Crippen LogP contribution in [-0.2, 0) is 19.0 Å². The van der Waals surface area contributed by atoms with E-state index in [9.17, 15) is 30.0 Å². The monoisotopic (exact) mass is 664 g/mol. The lowest BCUT2D eigenvalue weighted by atomic mass is 9.88. The number of hydrogen-bond acceptors (Lipinski definition) is 10. The SMILES string of the molecule is CCC(O)C(C)C1OC1CC(C)(O)/C=C/C=C(\C)C1OC(=O)CC(O)CCC(C)(O)C(OC(=O)N2CCC(N(C)C)CC2)/C=C/C1C. The number of ether oxygens (including phenoxy) is 3. The maximum Gasteiger partial charge on any atom is 0.410 e. The molecular weight excluding hydrogens is 604 g/mol. The molecule has 11 heteroatoms. The van der Waals surface area contributed by atoms with Crippen molar-refractivity contribution in [2.45, 2.75) is 140 Å². The number of amides is 1. The number of rotatable bonds is 10. The Morgan fingerprint density at radius 3 is 2.53 bits per heavy atom. The van der Waals surface area contributed by atoms with Crippen LogP contribution in [0.25, 0.3) is 0 Å². The number of likely N-dealkylation sites (tertiary alicyclic amines) is 1. The summed E-state index contributed by atoms with van der Waals surface area (Å²) in [5, 5.41) is 43.2. The van der Waals surface area contributed by atoms with E-state index in [2.05, 4.69) is 4.90 Å². The Morgan fingerprint density at radius 1 is 1.26 bits per heavy atom. The van der Waals surface area contributed by atoms with Gasteiger partial charge in [0.1, 0.15) is 11.7 Å². The second-order valence-corrected chi connectivity index (χ2v) is 14.7. The Bertz CT molecular complexity index is 1130. The number of esters is 1. The van der Waals surface area contributed by atoms with E-state index < -0.39 is 47.7 Å². The summed E-state index contributed by atoms with van der Waals surface area (Å²) in [7, 11) is 4.06. The summed E-state index contributed by atoms with van der Waals surface area (Å²) in [6, 6.07) is 0.400. The van der Waals surface area contributed by atoms with Gasteiger partial charge >= 0.3 is 12.1 Å². The summed E-state index contributed by atoms with van der Waals surface area (Å²) in [4.78, 5) is 29.9. The quantitative estimate of drug-likeness (QED) is 0.118. The third-order valence-corrected chi connectivity index (χ3v) is 10.0. The molecule has 0 spiro atoms. The number of epoxide rings is 1. The molecule has 268 valence electrons. The van der Waals surface area contributed by atoms with Crippen molar-refractivity contribution in [3.05, 3.63) is 36.0 Å². The van der Waals surface area contributed by atoms with E-state index in [1.54, 1.807) is 49.1 Å². The van der Waals surface area contributed by atoms with Crippen LogP contribution in [0.15, 0.2) is 36.0 Å². The number of aliphatic hydroxyl groups is 4. The molecule has 11 nitrogen and oxygen atoms in total. The molecular formula is C36H60N2O9. The van der Waals surface area contributed by atoms with Crippen LogP contribution in [0.4, 0.5) is 4.79 Å². The lowest BCUT2D eigenvalue weighted by Crippen LogP contribution is -2.48. The van der Waals surface area contributed by atoms with Crippen LogP contribution in [0.5, 0.6) is 0 Å². The second-order valence-electron chi connectivity index (χ2n) is 14.7. The summed E-state index contributed by atoms with van der Waals surface area (Å²) in [6.45, 7) is 12.0. The van der Waals surface area contributed by atoms with Gasteiger partial charge in [-0.1, -0.05) is 45.1 Å². The van der Waals surface area contributed by atoms with Gasteiger partial charge in [-0.25, -0.2) is 4.79 Å². The molecule has 3 heterocycles. The van der Waals surface area contributed by atoms with Crippen molar-refractivity contribution >= 4 is 12.1 Å². The van der Waals surface area contributed by atoms with Crippen molar-refractivity contribution < 1.29 is 44.2 Å². The summed E-state index contributed by atoms with van der Waals surface area (Å²) < 4.78 is 17.5. The van der Waals surface area contributed by atoms with Gasteiger partial charge in [-0.15, -0.1) is 0 Å². The summed E-state index contributed by atoms with van der Waals surface area (Å²) >= 11 is 0. The first kappa shape index (κ1) is 39.2. The van der Waals surface area contributed by atoms with Gasteiger partial charge in [0.05, 0.1) is 36.4 Å². The minimum atomic E-state index is -1.48. The Hall–Kier alpha value is -2.28. The molecule has 1 amide bonds. The fraction of sp³-hybridized carbons (Fsp3) is 0.778. The topological polar surface area (TPSA) is 153 Å². The van der Waals surface area contributed by atoms with E-state index in [1.807, 2.05) is 41.8 Å². The maximum absolute atomic E-state index is 13.2. The van der Waals surface area contributed by atoms with Crippen LogP contribution in [0.2, 0.25) is 0 Å². The molecule has 0 radical (unpaired) electrons. The fourth-order valence-electron chi connectivity index (χ4n) is 6.55. The molecule has 0 aromatic carbocycles. The van der Waals surface area contributed by atoms with Crippen molar-refractivity contribution in [1.82, 2.24) is 9.80 Å². The first-order valence-corrected chi connectivity index (χ1v) is 17.3. The number of nitrogens with zero attached hydrogens (tertiary/aromatic N) is 2. The zero-order chi connectivity index (χ0) is 35.1. The van der Waals surface area contributed by atoms with Crippen LogP contribution >= 0.6 is 0 Å². The van der Waals surface area contributed by atoms with Crippen molar-refractivity contribution in [3.8, 4) is 0 Å². The van der Waals surface area contributed by atoms with E-state index in [0.29, 0.717) is 37.5 Å². The molecule has 0 aromatic rings. The van der Waals surface area contributed by atoms with Gasteiger partial charge in [0.2, 0.25) is 0 Å². The smallest absolute Gasteiger partial charge is 0.410 e. The van der Waals surface area contributed by atoms with Gasteiger partial charge < -0.3 is 44.4 Å². The highest BCUT2D eigenvalue weighted by Crippen LogP contribution is 2.37. The van der Waals surface area contributed by atoms with Gasteiger partial charge in [0.15, 0.2) is 6.10 Å². The first-order valence-electron chi connectivity index (χ1n) is 17.3. The number of hydrogen-bond donors (Lipinski definition) is 4. The summed E-state index contributed by atoms with van der Waals surface area (Å²) in [5.74, 6) is -0.945. The summed E-state index contributed by atoms with van der Waals surface area (Å²) in [5.41, 5.74) is -1.93. The van der Waals surface area contributed by atoms with Crippen molar-refractivity contribution in [1.29, 1.82) is 0 Å². The van der Waals surface area contributed by atoms with Crippen molar-refractivity contribution in [3.63, 3.8) is 0 Å². The molecule has 0 aromatic heterocycles. The molecule has 3 aliphatic heterocycles. The predicted octanol–water partition coefficient (Wildman–Crippen LogP) is 3.74. The Morgan fingerprint density at radius 2 is 1.91 bits per heavy atom. The number of carbonyl (C=O) groups excluding carboxylic acids is 2. The zero-order valence-electron chi connectivity index (χ0n) is 29.7. The first-order chi connectivity index (χ1) is 21.9. The molecule has 47 heavy (non-hydrogen) atoms. The minimum absolute atomic E-state index is 0.0109. The van der Waals surface area contributed by atoms with Crippen LogP contribution < -0.4 is 0 Å². The highest BCUT2D eigenvalue weighted by atomic mass is 16.6. The van der Waals surface area contributed by atoms with E-state index in [1.165, 1.54) is 0 Å². The number of aliphatic hydroxyl groups excluding tert-OH is 2. The van der Waals surface area contributed by atoms with Gasteiger partial charge in [-0.3, -0.25) is 4.79 Å². The highest BCUT2D eigenvalue weighted by Gasteiger charge is 2.47. The zero-order valence-corrected chi connectivity index (χ0v) is 29.7. The Balaban J connectivity index is 1.74. The standard InChI is InChI=1S/C36H60N2O9/c1-9-28(40)25(4)33-29(45-33)22-35(5,43)17-10-11-23(2)32-24(3)12-13-30(36(6,44)18-14-27(39)21-31(41)47-32)46-34(42)38-19-15-26(16-20-38)37(7)8/h10-13,17,24-30,32-33,39-40,43-44H,9,14-16,18-22H2,1-8H3/b13-12+,17-10+,23-11+. The predicted molar refractivity (Wildman–Crippen MR) is 179 cm³/mol. The average Bonchev–Trinajstić information content (AvgIpc) is 3.77. The van der Waals surface area contributed by atoms with E-state index >= 15 is 0 Å². The molecule has 0 bridgehead atoms. The number of cyclic esters (lactones) is 1. The molecule has 3 aliphatic rings. The Labute approximate surface area is 281 Å². The summed E-state index contributed by atoms with van der Waals surface area (Å²) in [6.07, 6.45) is 7.41. The number of allylic oxidation sites excluding steroid dienone is 2. The third kappa shape index (κ3) is 11.7. The number of carbonyl (C=O) groups is 2. The molecule has 3 rings (SSSR count). The van der Waals surface area contributed by atoms with E-state index in [0.717, 1.165) is 12.8 Å². The van der Waals surface area contributed by atoms with Gasteiger partial charge in [-0.2, -0.15) is 0 Å². The second kappa shape index (κ2) is 16.9. The third-order valence-electron chi connectivity index (χ3n) is 10.0. The van der Waals surface area contributed by atoms with Crippen LogP contribution in [0, 0.1) is 11.8 Å². The molecule has 0 aliphatic carbocycles. The molecule has 4 N–H and O–H groups in total. The van der Waals surface area contributed by atoms with E-state index in [4.69, 9.17) is 14.2 Å². The van der Waals surface area contributed by atoms with Crippen LogP contribution in [0.3, 0.4) is 0 Å². The molecule has 10 unspecified atom stereocenters. The highest BCUT2D eigenvalue weighted by molar-refractivity contribution is 5.70. The molecule has 2 fully saturated rings. The average molecular weight is 665 g/mol. The largest absolute Gasteiger partial charge is 0.457 e. The van der Waals surface area contributed by atoms with Crippen LogP contribution in [0.1, 0.15) is 86.5 Å². The lowest BCUT2D eigenvalue weighted by molar-refractivity contribution is -0.151. The number of piperidine rings is 1. The fourth-order valence-corrected chi connectivity index (χ4v) is 6.55. The molecule has 0 saturated carbocycles. The molecule has 10 atom stereocenters. The lowest BCUT2D eigenvalue weighted by Gasteiger charge is -2.37. The van der Waals surface area contributed by atoms with Crippen molar-refractivity contribution in [2.24, 2.45) is 11.8 Å². The van der Waals surface area contributed by atoms with Gasteiger partial charge in [-0.05, 0) is 78.6 Å². The van der Waals surface area contributed by atoms with Gasteiger partial charge in [0.25, 0.3) is 0 Å². The Kier molecular flexibility index (Phi) is 14.1. The van der Waals surface area contributed by atoms with Gasteiger partial charge in [0, 0.05) is 37.4 Å². The maximum atomic E-state index is 13.2. The van der Waals surface area contributed by atoms with E-state index in [-0.39, 0.29) is 43.3 Å². The molecule has 2 saturated heterocycles. The van der Waals surface area contributed by atoms with Crippen molar-refractivity contribution in [2.75, 3.05) is 27.2 Å². The minimum Gasteiger partial charge on any atom is -0.457 e. The normalized spacial score (nSPS) is 35.0.